The van der Waals surface area contributed by atoms with Gasteiger partial charge in [-0.25, -0.2) is 14.1 Å². The van der Waals surface area contributed by atoms with Crippen molar-refractivity contribution in [2.75, 3.05) is 5.32 Å². The molecule has 2 heterocycles. The number of nitrogens with one attached hydrogen (secondary N) is 1. The number of para-hydroxylation sites is 1. The maximum atomic E-state index is 13.6. The highest BCUT2D eigenvalue weighted by Crippen LogP contribution is 2.20. The number of ether oxygens (including phenoxy) is 1. The summed E-state index contributed by atoms with van der Waals surface area (Å²) in [6.07, 6.45) is 1.54. The van der Waals surface area contributed by atoms with Crippen molar-refractivity contribution in [2.24, 2.45) is 0 Å². The van der Waals surface area contributed by atoms with Crippen LogP contribution < -0.4 is 10.1 Å². The van der Waals surface area contributed by atoms with Gasteiger partial charge in [-0.2, -0.15) is 0 Å². The van der Waals surface area contributed by atoms with E-state index in [2.05, 4.69) is 15.4 Å². The summed E-state index contributed by atoms with van der Waals surface area (Å²) >= 11 is 7.26. The second kappa shape index (κ2) is 9.06. The number of anilines is 1. The fraction of sp³-hybridized carbons (Fsp3) is 0.0952. The van der Waals surface area contributed by atoms with Crippen LogP contribution in [0, 0.1) is 5.82 Å². The lowest BCUT2D eigenvalue weighted by atomic mass is 10.2. The van der Waals surface area contributed by atoms with Gasteiger partial charge in [0.2, 0.25) is 5.95 Å². The maximum absolute atomic E-state index is 13.6. The molecule has 0 saturated carbocycles. The molecule has 2 aromatic carbocycles. The summed E-state index contributed by atoms with van der Waals surface area (Å²) in [6, 6.07) is 15.3. The standard InChI is InChI=1S/C21H16ClFN4O2S/c22-16-5-3-4-14(8-16)10-27-13-24-21(26-27)25-20(28)19-9-15(12-30-19)11-29-18-7-2-1-6-17(18)23/h1-9,12-13H,10-11H2,(H,25,26,28). The number of carbonyl (C=O) groups excluding carboxylic acids is 1. The molecule has 1 N–H and O–H groups in total. The highest BCUT2D eigenvalue weighted by atomic mass is 35.5. The van der Waals surface area contributed by atoms with Gasteiger partial charge in [0.1, 0.15) is 12.9 Å². The molecule has 152 valence electrons. The number of amides is 1. The van der Waals surface area contributed by atoms with Gasteiger partial charge >= 0.3 is 0 Å². The average Bonchev–Trinajstić information content (AvgIpc) is 3.37. The van der Waals surface area contributed by atoms with Gasteiger partial charge in [0.05, 0.1) is 11.4 Å². The van der Waals surface area contributed by atoms with E-state index in [-0.39, 0.29) is 24.2 Å². The number of rotatable bonds is 7. The van der Waals surface area contributed by atoms with Gasteiger partial charge in [0.15, 0.2) is 11.6 Å². The van der Waals surface area contributed by atoms with Crippen LogP contribution in [0.3, 0.4) is 0 Å². The van der Waals surface area contributed by atoms with Crippen molar-refractivity contribution in [1.82, 2.24) is 14.8 Å². The van der Waals surface area contributed by atoms with Crippen molar-refractivity contribution < 1.29 is 13.9 Å². The molecule has 4 rings (SSSR count). The zero-order valence-corrected chi connectivity index (χ0v) is 17.2. The lowest BCUT2D eigenvalue weighted by Crippen LogP contribution is -2.12. The molecule has 0 radical (unpaired) electrons. The van der Waals surface area contributed by atoms with Crippen molar-refractivity contribution in [2.45, 2.75) is 13.2 Å². The molecule has 0 saturated heterocycles. The number of hydrogen-bond acceptors (Lipinski definition) is 5. The van der Waals surface area contributed by atoms with Crippen LogP contribution in [-0.4, -0.2) is 20.7 Å². The molecule has 0 aliphatic carbocycles. The first-order valence-electron chi connectivity index (χ1n) is 8.97. The van der Waals surface area contributed by atoms with Gasteiger partial charge in [-0.15, -0.1) is 16.4 Å². The molecule has 0 spiro atoms. The molecule has 0 bridgehead atoms. The molecule has 6 nitrogen and oxygen atoms in total. The number of aromatic nitrogens is 3. The zero-order chi connectivity index (χ0) is 20.9. The van der Waals surface area contributed by atoms with Gasteiger partial charge in [-0.05, 0) is 41.3 Å². The van der Waals surface area contributed by atoms with Crippen molar-refractivity contribution in [3.8, 4) is 5.75 Å². The lowest BCUT2D eigenvalue weighted by molar-refractivity contribution is 0.102. The van der Waals surface area contributed by atoms with Crippen LogP contribution in [0.25, 0.3) is 0 Å². The summed E-state index contributed by atoms with van der Waals surface area (Å²) in [5.74, 6) is -0.369. The number of halogens is 2. The predicted molar refractivity (Wildman–Crippen MR) is 114 cm³/mol. The highest BCUT2D eigenvalue weighted by Gasteiger charge is 2.13. The van der Waals surface area contributed by atoms with E-state index in [0.29, 0.717) is 16.4 Å². The van der Waals surface area contributed by atoms with E-state index in [0.717, 1.165) is 11.1 Å². The van der Waals surface area contributed by atoms with Crippen molar-refractivity contribution in [3.05, 3.63) is 93.1 Å². The third-order valence-corrected chi connectivity index (χ3v) is 5.32. The number of nitrogens with zero attached hydrogens (tertiary/aromatic N) is 3. The van der Waals surface area contributed by atoms with Gasteiger partial charge in [-0.3, -0.25) is 10.1 Å². The summed E-state index contributed by atoms with van der Waals surface area (Å²) in [7, 11) is 0. The molecule has 0 fully saturated rings. The number of hydrogen-bond donors (Lipinski definition) is 1. The first-order valence-corrected chi connectivity index (χ1v) is 10.2. The Hall–Kier alpha value is -3.23. The Kier molecular flexibility index (Phi) is 6.06. The Bertz CT molecular complexity index is 1180. The third-order valence-electron chi connectivity index (χ3n) is 4.10. The molecule has 1 amide bonds. The smallest absolute Gasteiger partial charge is 0.268 e. The Balaban J connectivity index is 1.34. The number of benzene rings is 2. The summed E-state index contributed by atoms with van der Waals surface area (Å²) in [5.41, 5.74) is 1.75. The van der Waals surface area contributed by atoms with Crippen LogP contribution in [0.15, 0.2) is 66.3 Å². The molecule has 0 unspecified atom stereocenters. The van der Waals surface area contributed by atoms with E-state index in [1.807, 2.05) is 18.2 Å². The molecule has 2 aromatic heterocycles. The molecule has 9 heteroatoms. The SMILES string of the molecule is O=C(Nc1ncn(Cc2cccc(Cl)c2)n1)c1cc(COc2ccccc2F)cs1. The monoisotopic (exact) mass is 442 g/mol. The molecule has 0 aliphatic heterocycles. The van der Waals surface area contributed by atoms with Crippen LogP contribution in [0.1, 0.15) is 20.8 Å². The first kappa shape index (κ1) is 20.1. The Morgan fingerprint density at radius 2 is 2.03 bits per heavy atom. The van der Waals surface area contributed by atoms with E-state index in [1.54, 1.807) is 46.7 Å². The van der Waals surface area contributed by atoms with Crippen LogP contribution in [0.4, 0.5) is 10.3 Å². The Labute approximate surface area is 180 Å². The van der Waals surface area contributed by atoms with Crippen LogP contribution in [-0.2, 0) is 13.2 Å². The zero-order valence-electron chi connectivity index (χ0n) is 15.6. The summed E-state index contributed by atoms with van der Waals surface area (Å²) < 4.78 is 20.7. The van der Waals surface area contributed by atoms with E-state index in [1.165, 1.54) is 17.4 Å². The number of carbonyl (C=O) groups is 1. The van der Waals surface area contributed by atoms with Gasteiger partial charge in [-0.1, -0.05) is 35.9 Å². The van der Waals surface area contributed by atoms with E-state index < -0.39 is 5.82 Å². The molecule has 30 heavy (non-hydrogen) atoms. The molecule has 0 aliphatic rings. The van der Waals surface area contributed by atoms with Gasteiger partial charge in [0.25, 0.3) is 5.91 Å². The minimum Gasteiger partial charge on any atom is -0.486 e. The number of thiophene rings is 1. The molecular weight excluding hydrogens is 427 g/mol. The summed E-state index contributed by atoms with van der Waals surface area (Å²) in [6.45, 7) is 0.650. The first-order chi connectivity index (χ1) is 14.6. The minimum atomic E-state index is -0.426. The van der Waals surface area contributed by atoms with E-state index >= 15 is 0 Å². The normalized spacial score (nSPS) is 10.7. The van der Waals surface area contributed by atoms with Crippen molar-refractivity contribution in [3.63, 3.8) is 0 Å². The third kappa shape index (κ3) is 5.03. The van der Waals surface area contributed by atoms with E-state index in [9.17, 15) is 9.18 Å². The molecular formula is C21H16ClFN4O2S. The molecule has 0 atom stereocenters. The highest BCUT2D eigenvalue weighted by molar-refractivity contribution is 7.12. The summed E-state index contributed by atoms with van der Waals surface area (Å²) in [4.78, 5) is 17.1. The topological polar surface area (TPSA) is 69.0 Å². The maximum Gasteiger partial charge on any atom is 0.268 e. The predicted octanol–water partition coefficient (Wildman–Crippen LogP) is 5.01. The van der Waals surface area contributed by atoms with Gasteiger partial charge < -0.3 is 4.74 Å². The fourth-order valence-electron chi connectivity index (χ4n) is 2.71. The Morgan fingerprint density at radius 1 is 1.17 bits per heavy atom. The second-order valence-corrected chi connectivity index (χ2v) is 7.74. The quantitative estimate of drug-likeness (QED) is 0.436. The van der Waals surface area contributed by atoms with Crippen LogP contribution in [0.5, 0.6) is 5.75 Å². The molecule has 4 aromatic rings. The van der Waals surface area contributed by atoms with Crippen LogP contribution in [0.2, 0.25) is 5.02 Å². The van der Waals surface area contributed by atoms with Crippen molar-refractivity contribution in [1.29, 1.82) is 0 Å². The van der Waals surface area contributed by atoms with E-state index in [4.69, 9.17) is 16.3 Å². The average molecular weight is 443 g/mol. The van der Waals surface area contributed by atoms with Crippen molar-refractivity contribution >= 4 is 34.8 Å². The Morgan fingerprint density at radius 3 is 2.87 bits per heavy atom. The summed E-state index contributed by atoms with van der Waals surface area (Å²) in [5, 5.41) is 9.38. The lowest BCUT2D eigenvalue weighted by Gasteiger charge is -2.05. The fourth-order valence-corrected chi connectivity index (χ4v) is 3.71. The van der Waals surface area contributed by atoms with Crippen LogP contribution >= 0.6 is 22.9 Å². The minimum absolute atomic E-state index is 0.164. The van der Waals surface area contributed by atoms with Gasteiger partial charge in [0, 0.05) is 10.6 Å². The largest absolute Gasteiger partial charge is 0.486 e. The second-order valence-electron chi connectivity index (χ2n) is 6.39.